The maximum Gasteiger partial charge on any atom is 0.272 e. The van der Waals surface area contributed by atoms with Crippen LogP contribution in [0.4, 0.5) is 4.39 Å². The first-order valence-corrected chi connectivity index (χ1v) is 10.2. The monoisotopic (exact) mass is 418 g/mol. The summed E-state index contributed by atoms with van der Waals surface area (Å²) >= 11 is 1.42. The topological polar surface area (TPSA) is 90.0 Å². The molecule has 2 aromatic heterocycles. The molecule has 7 nitrogen and oxygen atoms in total. The highest BCUT2D eigenvalue weighted by molar-refractivity contribution is 7.99. The molecule has 3 rings (SSSR count). The molecule has 0 aromatic carbocycles. The molecule has 0 saturated carbocycles. The van der Waals surface area contributed by atoms with Crippen molar-refractivity contribution in [1.29, 1.82) is 5.26 Å². The predicted octanol–water partition coefficient (Wildman–Crippen LogP) is 2.96. The summed E-state index contributed by atoms with van der Waals surface area (Å²) in [5.41, 5.74) is -0.202. The second kappa shape index (κ2) is 8.61. The number of hydrogen-bond donors (Lipinski definition) is 0. The molecule has 1 aliphatic rings. The zero-order valence-corrected chi connectivity index (χ0v) is 17.7. The Labute approximate surface area is 172 Å². The maximum atomic E-state index is 14.6. The van der Waals surface area contributed by atoms with Crippen LogP contribution in [0, 0.1) is 23.1 Å². The van der Waals surface area contributed by atoms with Gasteiger partial charge in [-0.2, -0.15) is 5.26 Å². The predicted molar refractivity (Wildman–Crippen MR) is 107 cm³/mol. The molecule has 0 aliphatic carbocycles. The number of nitrogens with zero attached hydrogens (tertiary/aromatic N) is 4. The van der Waals surface area contributed by atoms with Gasteiger partial charge in [0, 0.05) is 42.5 Å². The SMILES string of the molecule is COCOCC1CSc2nc(-c3cnc(C(C)(C)C)c(F)c3)c(C#N)c(=O)n2C1. The second-order valence-electron chi connectivity index (χ2n) is 7.90. The van der Waals surface area contributed by atoms with E-state index in [1.807, 2.05) is 26.8 Å². The molecular formula is C20H23FN4O3S. The summed E-state index contributed by atoms with van der Waals surface area (Å²) in [6, 6.07) is 3.23. The Balaban J connectivity index is 1.99. The minimum Gasteiger partial charge on any atom is -0.359 e. The highest BCUT2D eigenvalue weighted by Crippen LogP contribution is 2.30. The van der Waals surface area contributed by atoms with Crippen LogP contribution in [-0.2, 0) is 21.4 Å². The van der Waals surface area contributed by atoms with Crippen molar-refractivity contribution in [1.82, 2.24) is 14.5 Å². The quantitative estimate of drug-likeness (QED) is 0.419. The molecular weight excluding hydrogens is 395 g/mol. The van der Waals surface area contributed by atoms with E-state index >= 15 is 0 Å². The van der Waals surface area contributed by atoms with Crippen molar-refractivity contribution in [2.75, 3.05) is 26.3 Å². The first kappa shape index (κ1) is 21.4. The lowest BCUT2D eigenvalue weighted by Gasteiger charge is -2.25. The summed E-state index contributed by atoms with van der Waals surface area (Å²) in [5, 5.41) is 10.1. The smallest absolute Gasteiger partial charge is 0.272 e. The van der Waals surface area contributed by atoms with Gasteiger partial charge in [-0.15, -0.1) is 0 Å². The molecule has 3 heterocycles. The van der Waals surface area contributed by atoms with Crippen LogP contribution in [0.15, 0.2) is 22.2 Å². The average molecular weight is 418 g/mol. The van der Waals surface area contributed by atoms with Crippen molar-refractivity contribution in [3.8, 4) is 17.3 Å². The number of ether oxygens (including phenoxy) is 2. The highest BCUT2D eigenvalue weighted by Gasteiger charge is 2.27. The third-order valence-electron chi connectivity index (χ3n) is 4.51. The van der Waals surface area contributed by atoms with Gasteiger partial charge in [0.25, 0.3) is 5.56 Å². The number of halogens is 1. The zero-order valence-electron chi connectivity index (χ0n) is 16.9. The van der Waals surface area contributed by atoms with E-state index in [2.05, 4.69) is 9.97 Å². The summed E-state index contributed by atoms with van der Waals surface area (Å²) in [6.07, 6.45) is 1.47. The lowest BCUT2D eigenvalue weighted by atomic mass is 9.90. The molecule has 154 valence electrons. The van der Waals surface area contributed by atoms with Crippen molar-refractivity contribution < 1.29 is 13.9 Å². The maximum absolute atomic E-state index is 14.6. The van der Waals surface area contributed by atoms with E-state index < -0.39 is 16.8 Å². The number of thioether (sulfide) groups is 1. The van der Waals surface area contributed by atoms with Gasteiger partial charge in [0.05, 0.1) is 18.0 Å². The first-order chi connectivity index (χ1) is 13.8. The van der Waals surface area contributed by atoms with Gasteiger partial charge in [-0.05, 0) is 6.07 Å². The van der Waals surface area contributed by atoms with Crippen LogP contribution in [0.3, 0.4) is 0 Å². The van der Waals surface area contributed by atoms with Crippen molar-refractivity contribution in [3.63, 3.8) is 0 Å². The summed E-state index contributed by atoms with van der Waals surface area (Å²) < 4.78 is 26.4. The number of pyridine rings is 1. The van der Waals surface area contributed by atoms with E-state index in [-0.39, 0.29) is 24.0 Å². The molecule has 1 unspecified atom stereocenters. The molecule has 0 radical (unpaired) electrons. The van der Waals surface area contributed by atoms with Gasteiger partial charge in [-0.1, -0.05) is 32.5 Å². The van der Waals surface area contributed by atoms with Crippen LogP contribution < -0.4 is 5.56 Å². The van der Waals surface area contributed by atoms with Crippen molar-refractivity contribution in [3.05, 3.63) is 39.7 Å². The fourth-order valence-corrected chi connectivity index (χ4v) is 4.19. The van der Waals surface area contributed by atoms with Gasteiger partial charge in [0.15, 0.2) is 5.16 Å². The normalized spacial score (nSPS) is 16.3. The minimum absolute atomic E-state index is 0.102. The molecule has 0 bridgehead atoms. The minimum atomic E-state index is -0.485. The molecule has 0 amide bonds. The summed E-state index contributed by atoms with van der Waals surface area (Å²) in [6.45, 7) is 6.64. The number of methoxy groups -OCH3 is 1. The van der Waals surface area contributed by atoms with E-state index in [1.54, 1.807) is 7.11 Å². The van der Waals surface area contributed by atoms with Crippen LogP contribution in [0.5, 0.6) is 0 Å². The largest absolute Gasteiger partial charge is 0.359 e. The van der Waals surface area contributed by atoms with Crippen LogP contribution >= 0.6 is 11.8 Å². The van der Waals surface area contributed by atoms with E-state index in [9.17, 15) is 14.4 Å². The molecule has 0 spiro atoms. The number of fused-ring (bicyclic) bond motifs is 1. The Bertz CT molecular complexity index is 1010. The number of nitriles is 1. The van der Waals surface area contributed by atoms with Crippen LogP contribution in [0.1, 0.15) is 32.0 Å². The van der Waals surface area contributed by atoms with Crippen LogP contribution in [0.2, 0.25) is 0 Å². The Morgan fingerprint density at radius 2 is 2.21 bits per heavy atom. The molecule has 29 heavy (non-hydrogen) atoms. The fourth-order valence-electron chi connectivity index (χ4n) is 3.14. The van der Waals surface area contributed by atoms with Crippen molar-refractivity contribution >= 4 is 11.8 Å². The third kappa shape index (κ3) is 4.50. The molecule has 0 saturated heterocycles. The molecule has 0 fully saturated rings. The Morgan fingerprint density at radius 3 is 2.83 bits per heavy atom. The van der Waals surface area contributed by atoms with Gasteiger partial charge < -0.3 is 9.47 Å². The number of rotatable bonds is 5. The molecule has 1 aliphatic heterocycles. The van der Waals surface area contributed by atoms with Gasteiger partial charge in [0.2, 0.25) is 0 Å². The van der Waals surface area contributed by atoms with Crippen LogP contribution in [0.25, 0.3) is 11.3 Å². The lowest BCUT2D eigenvalue weighted by Crippen LogP contribution is -2.34. The fraction of sp³-hybridized carbons (Fsp3) is 0.500. The summed E-state index contributed by atoms with van der Waals surface area (Å²) in [4.78, 5) is 21.7. The van der Waals surface area contributed by atoms with E-state index in [0.29, 0.717) is 29.6 Å². The third-order valence-corrected chi connectivity index (χ3v) is 5.72. The van der Waals surface area contributed by atoms with Crippen molar-refractivity contribution in [2.45, 2.75) is 37.9 Å². The average Bonchev–Trinajstić information content (AvgIpc) is 2.67. The molecule has 1 atom stereocenters. The molecule has 9 heteroatoms. The Kier molecular flexibility index (Phi) is 6.36. The summed E-state index contributed by atoms with van der Waals surface area (Å²) in [7, 11) is 1.55. The lowest BCUT2D eigenvalue weighted by molar-refractivity contribution is -0.0431. The van der Waals surface area contributed by atoms with E-state index in [4.69, 9.17) is 9.47 Å². The number of hydrogen-bond acceptors (Lipinski definition) is 7. The highest BCUT2D eigenvalue weighted by atomic mass is 32.2. The molecule has 2 aromatic rings. The van der Waals surface area contributed by atoms with Crippen LogP contribution in [-0.4, -0.2) is 40.8 Å². The van der Waals surface area contributed by atoms with Gasteiger partial charge in [0.1, 0.15) is 24.2 Å². The Morgan fingerprint density at radius 1 is 1.45 bits per heavy atom. The standard InChI is InChI=1S/C20H23FN4O3S/c1-20(2,3)17-15(21)5-13(7-23-17)16-14(6-22)18(26)25-8-12(9-28-11-27-4)10-29-19(25)24-16/h5,7,12H,8-11H2,1-4H3. The van der Waals surface area contributed by atoms with Crippen molar-refractivity contribution in [2.24, 2.45) is 5.92 Å². The molecule has 0 N–H and O–H groups in total. The first-order valence-electron chi connectivity index (χ1n) is 9.17. The second-order valence-corrected chi connectivity index (χ2v) is 8.89. The van der Waals surface area contributed by atoms with Gasteiger partial charge in [-0.3, -0.25) is 14.3 Å². The zero-order chi connectivity index (χ0) is 21.2. The summed E-state index contributed by atoms with van der Waals surface area (Å²) in [5.74, 6) is 0.336. The van der Waals surface area contributed by atoms with E-state index in [0.717, 1.165) is 5.75 Å². The van der Waals surface area contributed by atoms with Gasteiger partial charge in [-0.25, -0.2) is 9.37 Å². The van der Waals surface area contributed by atoms with Gasteiger partial charge >= 0.3 is 0 Å². The number of aromatic nitrogens is 3. The Hall–Kier alpha value is -2.28. The van der Waals surface area contributed by atoms with E-state index in [1.165, 1.54) is 28.6 Å².